The second kappa shape index (κ2) is 7.24. The van der Waals surface area contributed by atoms with Crippen LogP contribution >= 0.6 is 0 Å². The number of nitrogens with one attached hydrogen (secondary N) is 2. The summed E-state index contributed by atoms with van der Waals surface area (Å²) in [5, 5.41) is 9.45. The minimum atomic E-state index is -4.49. The number of rotatable bonds is 6. The Morgan fingerprint density at radius 1 is 1.28 bits per heavy atom. The van der Waals surface area contributed by atoms with Crippen LogP contribution in [-0.4, -0.2) is 41.5 Å². The van der Waals surface area contributed by atoms with E-state index in [4.69, 9.17) is 4.74 Å². The molecule has 2 N–H and O–H groups in total. The fourth-order valence-electron chi connectivity index (χ4n) is 2.33. The van der Waals surface area contributed by atoms with E-state index in [0.717, 1.165) is 30.0 Å². The number of halogens is 3. The monoisotopic (exact) mass is 354 g/mol. The molecule has 1 aliphatic heterocycles. The number of aromatic nitrogens is 2. The van der Waals surface area contributed by atoms with Gasteiger partial charge in [0.25, 0.3) is 0 Å². The van der Waals surface area contributed by atoms with Crippen LogP contribution in [0.3, 0.4) is 0 Å². The van der Waals surface area contributed by atoms with Crippen LogP contribution in [0.25, 0.3) is 5.69 Å². The van der Waals surface area contributed by atoms with Crippen LogP contribution < -0.4 is 10.6 Å². The zero-order valence-electron chi connectivity index (χ0n) is 13.2. The van der Waals surface area contributed by atoms with E-state index < -0.39 is 11.9 Å². The lowest BCUT2D eigenvalue weighted by Crippen LogP contribution is -2.48. The van der Waals surface area contributed by atoms with E-state index in [2.05, 4.69) is 15.7 Å². The summed E-state index contributed by atoms with van der Waals surface area (Å²) in [6.45, 7) is 1.94. The van der Waals surface area contributed by atoms with E-state index in [1.165, 1.54) is 24.3 Å². The lowest BCUT2D eigenvalue weighted by molar-refractivity contribution is -0.142. The Labute approximate surface area is 142 Å². The number of amides is 1. The molecule has 0 aliphatic carbocycles. The highest BCUT2D eigenvalue weighted by molar-refractivity contribution is 5.90. The van der Waals surface area contributed by atoms with Crippen molar-refractivity contribution >= 4 is 11.6 Å². The second-order valence-corrected chi connectivity index (χ2v) is 5.62. The number of alkyl halides is 3. The predicted octanol–water partition coefficient (Wildman–Crippen LogP) is 2.21. The van der Waals surface area contributed by atoms with Gasteiger partial charge in [-0.05, 0) is 30.3 Å². The van der Waals surface area contributed by atoms with Crippen LogP contribution in [0.15, 0.2) is 36.5 Å². The van der Waals surface area contributed by atoms with Gasteiger partial charge in [0, 0.05) is 18.8 Å². The summed E-state index contributed by atoms with van der Waals surface area (Å²) < 4.78 is 44.9. The Morgan fingerprint density at radius 2 is 2.00 bits per heavy atom. The third-order valence-electron chi connectivity index (χ3n) is 3.76. The van der Waals surface area contributed by atoms with Gasteiger partial charge in [-0.25, -0.2) is 4.68 Å². The van der Waals surface area contributed by atoms with Gasteiger partial charge in [-0.1, -0.05) is 0 Å². The Bertz CT molecular complexity index is 724. The zero-order valence-corrected chi connectivity index (χ0v) is 13.2. The van der Waals surface area contributed by atoms with Gasteiger partial charge in [0.15, 0.2) is 0 Å². The largest absolute Gasteiger partial charge is 0.433 e. The first-order valence-electron chi connectivity index (χ1n) is 7.77. The summed E-state index contributed by atoms with van der Waals surface area (Å²) >= 11 is 0. The summed E-state index contributed by atoms with van der Waals surface area (Å²) in [4.78, 5) is 11.8. The smallest absolute Gasteiger partial charge is 0.375 e. The molecule has 1 amide bonds. The van der Waals surface area contributed by atoms with Crippen LogP contribution in [0.5, 0.6) is 0 Å². The first-order valence-corrected chi connectivity index (χ1v) is 7.77. The molecule has 0 bridgehead atoms. The molecule has 1 aromatic carbocycles. The van der Waals surface area contributed by atoms with Gasteiger partial charge in [-0.3, -0.25) is 4.79 Å². The molecule has 134 valence electrons. The number of anilines is 1. The molecule has 2 aromatic rings. The van der Waals surface area contributed by atoms with Gasteiger partial charge in [0.1, 0.15) is 5.69 Å². The van der Waals surface area contributed by atoms with Gasteiger partial charge in [0.05, 0.1) is 31.0 Å². The molecule has 0 atom stereocenters. The summed E-state index contributed by atoms with van der Waals surface area (Å²) in [6.07, 6.45) is -3.01. The Kier molecular flexibility index (Phi) is 5.05. The van der Waals surface area contributed by atoms with Crippen molar-refractivity contribution in [1.82, 2.24) is 15.1 Å². The average molecular weight is 354 g/mol. The number of nitrogens with zero attached hydrogens (tertiary/aromatic N) is 2. The molecule has 1 aromatic heterocycles. The quantitative estimate of drug-likeness (QED) is 0.835. The van der Waals surface area contributed by atoms with Crippen molar-refractivity contribution in [3.05, 3.63) is 42.2 Å². The molecule has 3 rings (SSSR count). The maximum Gasteiger partial charge on any atom is 0.433 e. The number of hydrogen-bond acceptors (Lipinski definition) is 4. The molecule has 1 aliphatic rings. The molecule has 0 radical (unpaired) electrons. The van der Waals surface area contributed by atoms with Crippen molar-refractivity contribution in [2.24, 2.45) is 0 Å². The van der Waals surface area contributed by atoms with Crippen molar-refractivity contribution in [3.63, 3.8) is 0 Å². The minimum absolute atomic E-state index is 0.170. The SMILES string of the molecule is O=C(CCOC1CNC1)Nc1ccc(-n2nccc2C(F)(F)F)cc1. The molecular weight excluding hydrogens is 337 g/mol. The average Bonchev–Trinajstić information content (AvgIpc) is 3.00. The summed E-state index contributed by atoms with van der Waals surface area (Å²) in [6, 6.07) is 6.91. The fraction of sp³-hybridized carbons (Fsp3) is 0.375. The van der Waals surface area contributed by atoms with Crippen molar-refractivity contribution in [2.45, 2.75) is 18.7 Å². The minimum Gasteiger partial charge on any atom is -0.375 e. The van der Waals surface area contributed by atoms with Crippen LogP contribution in [0.2, 0.25) is 0 Å². The lowest BCUT2D eigenvalue weighted by atomic mass is 10.2. The van der Waals surface area contributed by atoms with Crippen LogP contribution in [0.1, 0.15) is 12.1 Å². The summed E-state index contributed by atoms with van der Waals surface area (Å²) in [7, 11) is 0. The van der Waals surface area contributed by atoms with E-state index >= 15 is 0 Å². The van der Waals surface area contributed by atoms with Gasteiger partial charge in [0.2, 0.25) is 5.91 Å². The van der Waals surface area contributed by atoms with Crippen LogP contribution in [0, 0.1) is 0 Å². The Balaban J connectivity index is 1.57. The predicted molar refractivity (Wildman–Crippen MR) is 84.4 cm³/mol. The first-order chi connectivity index (χ1) is 11.9. The van der Waals surface area contributed by atoms with Gasteiger partial charge >= 0.3 is 6.18 Å². The van der Waals surface area contributed by atoms with Crippen molar-refractivity contribution in [1.29, 1.82) is 0 Å². The molecule has 9 heteroatoms. The van der Waals surface area contributed by atoms with Crippen molar-refractivity contribution < 1.29 is 22.7 Å². The summed E-state index contributed by atoms with van der Waals surface area (Å²) in [5.41, 5.74) is -0.0946. The molecular formula is C16H17F3N4O2. The van der Waals surface area contributed by atoms with E-state index in [9.17, 15) is 18.0 Å². The molecule has 0 unspecified atom stereocenters. The topological polar surface area (TPSA) is 68.2 Å². The summed E-state index contributed by atoms with van der Waals surface area (Å²) in [5.74, 6) is -0.213. The number of carbonyl (C=O) groups excluding carboxylic acids is 1. The lowest BCUT2D eigenvalue weighted by Gasteiger charge is -2.26. The molecule has 25 heavy (non-hydrogen) atoms. The third kappa shape index (κ3) is 4.37. The molecule has 6 nitrogen and oxygen atoms in total. The normalized spacial score (nSPS) is 15.0. The van der Waals surface area contributed by atoms with E-state index in [0.29, 0.717) is 12.3 Å². The van der Waals surface area contributed by atoms with Crippen molar-refractivity contribution in [3.8, 4) is 5.69 Å². The van der Waals surface area contributed by atoms with Crippen LogP contribution in [-0.2, 0) is 15.7 Å². The Hall–Kier alpha value is -2.39. The van der Waals surface area contributed by atoms with Gasteiger partial charge in [-0.2, -0.15) is 18.3 Å². The molecule has 0 saturated carbocycles. The molecule has 1 fully saturated rings. The van der Waals surface area contributed by atoms with E-state index in [1.807, 2.05) is 0 Å². The molecule has 0 spiro atoms. The number of ether oxygens (including phenoxy) is 1. The van der Waals surface area contributed by atoms with Crippen LogP contribution in [0.4, 0.5) is 18.9 Å². The standard InChI is InChI=1S/C16H17F3N4O2/c17-16(18,19)14-5-7-21-23(14)12-3-1-11(2-4-12)22-15(24)6-8-25-13-9-20-10-13/h1-5,7,13,20H,6,8-10H2,(H,22,24). The maximum absolute atomic E-state index is 12.9. The number of carbonyl (C=O) groups is 1. The number of hydrogen-bond donors (Lipinski definition) is 2. The second-order valence-electron chi connectivity index (χ2n) is 5.62. The highest BCUT2D eigenvalue weighted by Crippen LogP contribution is 2.30. The molecule has 2 heterocycles. The van der Waals surface area contributed by atoms with E-state index in [1.54, 1.807) is 0 Å². The van der Waals surface area contributed by atoms with Gasteiger partial charge in [-0.15, -0.1) is 0 Å². The number of benzene rings is 1. The molecule has 1 saturated heterocycles. The van der Waals surface area contributed by atoms with Crippen molar-refractivity contribution in [2.75, 3.05) is 25.0 Å². The zero-order chi connectivity index (χ0) is 17.9. The highest BCUT2D eigenvalue weighted by atomic mass is 19.4. The van der Waals surface area contributed by atoms with Gasteiger partial charge < -0.3 is 15.4 Å². The fourth-order valence-corrected chi connectivity index (χ4v) is 2.33. The third-order valence-corrected chi connectivity index (χ3v) is 3.76. The van der Waals surface area contributed by atoms with E-state index in [-0.39, 0.29) is 24.1 Å². The highest BCUT2D eigenvalue weighted by Gasteiger charge is 2.35. The first kappa shape index (κ1) is 17.4. The maximum atomic E-state index is 12.9. The Morgan fingerprint density at radius 3 is 2.60 bits per heavy atom.